The predicted molar refractivity (Wildman–Crippen MR) is 74.6 cm³/mol. The minimum atomic E-state index is -0.0473. The van der Waals surface area contributed by atoms with Gasteiger partial charge in [-0.05, 0) is 49.9 Å². The van der Waals surface area contributed by atoms with Gasteiger partial charge in [0, 0.05) is 30.4 Å². The lowest BCUT2D eigenvalue weighted by atomic mass is 9.91. The lowest BCUT2D eigenvalue weighted by Crippen LogP contribution is -2.34. The summed E-state index contributed by atoms with van der Waals surface area (Å²) in [6.07, 6.45) is 4.55. The molecule has 0 aliphatic heterocycles. The van der Waals surface area contributed by atoms with Crippen LogP contribution in [0.2, 0.25) is 0 Å². The minimum Gasteiger partial charge on any atom is -0.382 e. The van der Waals surface area contributed by atoms with Crippen LogP contribution in [0, 0.1) is 0 Å². The van der Waals surface area contributed by atoms with E-state index in [1.165, 1.54) is 19.8 Å². The van der Waals surface area contributed by atoms with Crippen LogP contribution in [-0.2, 0) is 4.79 Å². The summed E-state index contributed by atoms with van der Waals surface area (Å²) < 4.78 is 0. The topological polar surface area (TPSA) is 67.2 Å². The van der Waals surface area contributed by atoms with Crippen molar-refractivity contribution in [2.45, 2.75) is 44.7 Å². The van der Waals surface area contributed by atoms with Crippen LogP contribution < -0.4 is 16.4 Å². The summed E-state index contributed by atoms with van der Waals surface area (Å²) in [6, 6.07) is 8.60. The van der Waals surface area contributed by atoms with Crippen molar-refractivity contribution in [3.05, 3.63) is 24.3 Å². The summed E-state index contributed by atoms with van der Waals surface area (Å²) in [5.41, 5.74) is 7.88. The third-order valence-electron chi connectivity index (χ3n) is 3.29. The van der Waals surface area contributed by atoms with Gasteiger partial charge in [-0.2, -0.15) is 0 Å². The molecule has 4 nitrogen and oxygen atoms in total. The SMILES string of the molecule is CC(=O)Nc1ccc(NC2CCCC(N)C2)cc1. The van der Waals surface area contributed by atoms with Gasteiger partial charge in [-0.15, -0.1) is 0 Å². The normalized spacial score (nSPS) is 23.4. The molecule has 18 heavy (non-hydrogen) atoms. The van der Waals surface area contributed by atoms with Crippen LogP contribution in [-0.4, -0.2) is 18.0 Å². The molecule has 0 radical (unpaired) electrons. The van der Waals surface area contributed by atoms with Crippen LogP contribution in [0.25, 0.3) is 0 Å². The molecule has 0 spiro atoms. The van der Waals surface area contributed by atoms with Crippen LogP contribution in [0.4, 0.5) is 11.4 Å². The Morgan fingerprint density at radius 1 is 1.22 bits per heavy atom. The van der Waals surface area contributed by atoms with Gasteiger partial charge in [0.15, 0.2) is 0 Å². The molecule has 1 aliphatic carbocycles. The lowest BCUT2D eigenvalue weighted by molar-refractivity contribution is -0.114. The van der Waals surface area contributed by atoms with Gasteiger partial charge >= 0.3 is 0 Å². The van der Waals surface area contributed by atoms with Gasteiger partial charge in [-0.25, -0.2) is 0 Å². The summed E-state index contributed by atoms with van der Waals surface area (Å²) in [4.78, 5) is 10.9. The first-order valence-corrected chi connectivity index (χ1v) is 6.53. The van der Waals surface area contributed by atoms with E-state index in [2.05, 4.69) is 10.6 Å². The van der Waals surface area contributed by atoms with Crippen LogP contribution in [0.1, 0.15) is 32.6 Å². The number of nitrogens with one attached hydrogen (secondary N) is 2. The molecule has 2 atom stereocenters. The Morgan fingerprint density at radius 2 is 1.89 bits per heavy atom. The second kappa shape index (κ2) is 5.87. The van der Waals surface area contributed by atoms with Gasteiger partial charge in [0.25, 0.3) is 0 Å². The van der Waals surface area contributed by atoms with Crippen LogP contribution >= 0.6 is 0 Å². The molecule has 4 heteroatoms. The zero-order valence-corrected chi connectivity index (χ0v) is 10.8. The van der Waals surface area contributed by atoms with Gasteiger partial charge in [-0.1, -0.05) is 0 Å². The van der Waals surface area contributed by atoms with Gasteiger partial charge in [-0.3, -0.25) is 4.79 Å². The number of anilines is 2. The van der Waals surface area contributed by atoms with Gasteiger partial charge in [0.1, 0.15) is 0 Å². The Bertz CT molecular complexity index is 402. The molecule has 1 fully saturated rings. The molecule has 1 saturated carbocycles. The second-order valence-electron chi connectivity index (χ2n) is 5.03. The molecular weight excluding hydrogens is 226 g/mol. The van der Waals surface area contributed by atoms with E-state index in [1.807, 2.05) is 24.3 Å². The van der Waals surface area contributed by atoms with Crippen molar-refractivity contribution in [2.75, 3.05) is 10.6 Å². The van der Waals surface area contributed by atoms with Gasteiger partial charge in [0.05, 0.1) is 0 Å². The van der Waals surface area contributed by atoms with E-state index in [1.54, 1.807) is 0 Å². The predicted octanol–water partition coefficient (Wildman–Crippen LogP) is 2.33. The van der Waals surface area contributed by atoms with Gasteiger partial charge in [0.2, 0.25) is 5.91 Å². The first-order chi connectivity index (χ1) is 8.63. The maximum absolute atomic E-state index is 10.9. The fourth-order valence-electron chi connectivity index (χ4n) is 2.45. The first-order valence-electron chi connectivity index (χ1n) is 6.53. The van der Waals surface area contributed by atoms with Crippen molar-refractivity contribution in [3.8, 4) is 0 Å². The smallest absolute Gasteiger partial charge is 0.221 e. The average molecular weight is 247 g/mol. The van der Waals surface area contributed by atoms with Crippen molar-refractivity contribution in [3.63, 3.8) is 0 Å². The number of rotatable bonds is 3. The highest BCUT2D eigenvalue weighted by Gasteiger charge is 2.18. The second-order valence-corrected chi connectivity index (χ2v) is 5.03. The fraction of sp³-hybridized carbons (Fsp3) is 0.500. The zero-order valence-electron chi connectivity index (χ0n) is 10.8. The van der Waals surface area contributed by atoms with E-state index >= 15 is 0 Å². The van der Waals surface area contributed by atoms with Gasteiger partial charge < -0.3 is 16.4 Å². The Morgan fingerprint density at radius 3 is 2.50 bits per heavy atom. The lowest BCUT2D eigenvalue weighted by Gasteiger charge is -2.28. The Labute approximate surface area is 108 Å². The number of nitrogens with two attached hydrogens (primary N) is 1. The van der Waals surface area contributed by atoms with Crippen molar-refractivity contribution in [2.24, 2.45) is 5.73 Å². The molecular formula is C14H21N3O. The van der Waals surface area contributed by atoms with E-state index in [4.69, 9.17) is 5.73 Å². The Kier molecular flexibility index (Phi) is 4.20. The molecule has 0 bridgehead atoms. The number of hydrogen-bond acceptors (Lipinski definition) is 3. The van der Waals surface area contributed by atoms with E-state index in [0.29, 0.717) is 12.1 Å². The van der Waals surface area contributed by atoms with Crippen LogP contribution in [0.5, 0.6) is 0 Å². The highest BCUT2D eigenvalue weighted by molar-refractivity contribution is 5.88. The molecule has 1 aliphatic rings. The number of carbonyl (C=O) groups excluding carboxylic acids is 1. The molecule has 2 unspecified atom stereocenters. The van der Waals surface area contributed by atoms with Crippen LogP contribution in [0.15, 0.2) is 24.3 Å². The van der Waals surface area contributed by atoms with Crippen molar-refractivity contribution in [1.29, 1.82) is 0 Å². The van der Waals surface area contributed by atoms with E-state index in [-0.39, 0.29) is 5.91 Å². The standard InChI is InChI=1S/C14H21N3O/c1-10(18)16-12-5-7-13(8-6-12)17-14-4-2-3-11(15)9-14/h5-8,11,14,17H,2-4,9,15H2,1H3,(H,16,18). The molecule has 0 heterocycles. The maximum Gasteiger partial charge on any atom is 0.221 e. The third kappa shape index (κ3) is 3.74. The summed E-state index contributed by atoms with van der Waals surface area (Å²) in [7, 11) is 0. The number of benzene rings is 1. The molecule has 1 amide bonds. The fourth-order valence-corrected chi connectivity index (χ4v) is 2.45. The van der Waals surface area contributed by atoms with E-state index in [9.17, 15) is 4.79 Å². The Hall–Kier alpha value is -1.55. The van der Waals surface area contributed by atoms with Crippen molar-refractivity contribution < 1.29 is 4.79 Å². The number of carbonyl (C=O) groups is 1. The average Bonchev–Trinajstić information content (AvgIpc) is 2.31. The minimum absolute atomic E-state index is 0.0473. The van der Waals surface area contributed by atoms with Crippen molar-refractivity contribution in [1.82, 2.24) is 0 Å². The molecule has 0 saturated heterocycles. The molecule has 4 N–H and O–H groups in total. The highest BCUT2D eigenvalue weighted by Crippen LogP contribution is 2.22. The Balaban J connectivity index is 1.91. The summed E-state index contributed by atoms with van der Waals surface area (Å²) in [5, 5.41) is 6.26. The first kappa shape index (κ1) is 12.9. The third-order valence-corrected chi connectivity index (χ3v) is 3.29. The quantitative estimate of drug-likeness (QED) is 0.768. The molecule has 1 aromatic carbocycles. The maximum atomic E-state index is 10.9. The summed E-state index contributed by atoms with van der Waals surface area (Å²) in [6.45, 7) is 1.51. The number of amides is 1. The molecule has 1 aromatic rings. The van der Waals surface area contributed by atoms with E-state index in [0.717, 1.165) is 24.2 Å². The largest absolute Gasteiger partial charge is 0.382 e. The number of hydrogen-bond donors (Lipinski definition) is 3. The highest BCUT2D eigenvalue weighted by atomic mass is 16.1. The summed E-state index contributed by atoms with van der Waals surface area (Å²) in [5.74, 6) is -0.0473. The zero-order chi connectivity index (χ0) is 13.0. The molecule has 98 valence electrons. The monoisotopic (exact) mass is 247 g/mol. The van der Waals surface area contributed by atoms with Crippen LogP contribution in [0.3, 0.4) is 0 Å². The van der Waals surface area contributed by atoms with Crippen molar-refractivity contribution >= 4 is 17.3 Å². The van der Waals surface area contributed by atoms with E-state index < -0.39 is 0 Å². The molecule has 2 rings (SSSR count). The molecule has 0 aromatic heterocycles. The summed E-state index contributed by atoms with van der Waals surface area (Å²) >= 11 is 0.